The summed E-state index contributed by atoms with van der Waals surface area (Å²) in [6.45, 7) is 6.32. The lowest BCUT2D eigenvalue weighted by molar-refractivity contribution is 0.431. The van der Waals surface area contributed by atoms with Gasteiger partial charge in [-0.1, -0.05) is 43.3 Å². The number of azo groups is 1. The van der Waals surface area contributed by atoms with Crippen LogP contribution in [-0.2, 0) is 13.0 Å². The van der Waals surface area contributed by atoms with E-state index in [-0.39, 0.29) is 11.0 Å². The van der Waals surface area contributed by atoms with Gasteiger partial charge in [-0.2, -0.15) is 0 Å². The van der Waals surface area contributed by atoms with Crippen LogP contribution in [0.2, 0.25) is 0 Å². The molecule has 0 atom stereocenters. The van der Waals surface area contributed by atoms with Crippen molar-refractivity contribution in [2.75, 3.05) is 5.32 Å². The highest BCUT2D eigenvalue weighted by atomic mass is 32.1. The molecule has 1 heterocycles. The van der Waals surface area contributed by atoms with Gasteiger partial charge in [0.25, 0.3) is 0 Å². The van der Waals surface area contributed by atoms with Crippen LogP contribution < -0.4 is 5.32 Å². The number of para-hydroxylation sites is 1. The molecule has 0 saturated heterocycles. The number of nitrogens with zero attached hydrogens (tertiary/aromatic N) is 3. The van der Waals surface area contributed by atoms with Crippen molar-refractivity contribution in [3.63, 3.8) is 0 Å². The lowest BCUT2D eigenvalue weighted by Gasteiger charge is -2.04. The summed E-state index contributed by atoms with van der Waals surface area (Å²) in [6.07, 6.45) is 2.71. The molecule has 0 bridgehead atoms. The average Bonchev–Trinajstić information content (AvgIpc) is 2.93. The van der Waals surface area contributed by atoms with Crippen molar-refractivity contribution < 1.29 is 5.11 Å². The van der Waals surface area contributed by atoms with E-state index in [4.69, 9.17) is 12.2 Å². The smallest absolute Gasteiger partial charge is 0.221 e. The van der Waals surface area contributed by atoms with Gasteiger partial charge in [-0.3, -0.25) is 0 Å². The van der Waals surface area contributed by atoms with Crippen LogP contribution >= 0.6 is 12.2 Å². The van der Waals surface area contributed by atoms with Gasteiger partial charge in [0.15, 0.2) is 5.69 Å². The number of aromatic nitrogens is 1. The summed E-state index contributed by atoms with van der Waals surface area (Å²) >= 11 is 5.24. The molecule has 132 valence electrons. The van der Waals surface area contributed by atoms with Crippen LogP contribution in [0.25, 0.3) is 10.9 Å². The number of fused-ring (bicyclic) bond motifs is 1. The Kier molecular flexibility index (Phi) is 5.43. The van der Waals surface area contributed by atoms with Crippen LogP contribution in [0.15, 0.2) is 71.4 Å². The number of hydrogen-bond acceptors (Lipinski definition) is 3. The van der Waals surface area contributed by atoms with Crippen LogP contribution in [0.4, 0.5) is 11.4 Å². The highest BCUT2D eigenvalue weighted by Crippen LogP contribution is 2.38. The third kappa shape index (κ3) is 3.65. The fourth-order valence-corrected chi connectivity index (χ4v) is 2.91. The molecule has 1 aromatic heterocycles. The second-order valence-electron chi connectivity index (χ2n) is 5.77. The van der Waals surface area contributed by atoms with Gasteiger partial charge in [-0.05, 0) is 42.4 Å². The van der Waals surface area contributed by atoms with Crippen LogP contribution in [0.3, 0.4) is 0 Å². The van der Waals surface area contributed by atoms with E-state index >= 15 is 0 Å². The molecule has 0 aliphatic carbocycles. The van der Waals surface area contributed by atoms with Crippen LogP contribution in [0.5, 0.6) is 5.88 Å². The van der Waals surface area contributed by atoms with Crippen LogP contribution in [0.1, 0.15) is 12.5 Å². The highest BCUT2D eigenvalue weighted by molar-refractivity contribution is 7.80. The maximum atomic E-state index is 10.5. The summed E-state index contributed by atoms with van der Waals surface area (Å²) < 4.78 is 1.73. The molecule has 26 heavy (non-hydrogen) atoms. The van der Waals surface area contributed by atoms with Crippen molar-refractivity contribution >= 4 is 39.6 Å². The van der Waals surface area contributed by atoms with Crippen molar-refractivity contribution in [1.82, 2.24) is 4.57 Å². The second-order valence-corrected chi connectivity index (χ2v) is 6.16. The normalized spacial score (nSPS) is 11.1. The quantitative estimate of drug-likeness (QED) is 0.353. The van der Waals surface area contributed by atoms with E-state index in [0.29, 0.717) is 12.2 Å². The Morgan fingerprint density at radius 1 is 1.23 bits per heavy atom. The fourth-order valence-electron chi connectivity index (χ4n) is 2.75. The SMILES string of the molecule is C=CCn1c(O)c(N=NC(=S)Nc2ccc(CC)cc2)c2ccccc21. The maximum Gasteiger partial charge on any atom is 0.221 e. The van der Waals surface area contributed by atoms with E-state index < -0.39 is 0 Å². The van der Waals surface area contributed by atoms with Gasteiger partial charge in [0.05, 0.1) is 5.52 Å². The first-order valence-electron chi connectivity index (χ1n) is 8.36. The van der Waals surface area contributed by atoms with E-state index in [9.17, 15) is 5.11 Å². The molecule has 0 aliphatic heterocycles. The summed E-state index contributed by atoms with van der Waals surface area (Å²) in [4.78, 5) is 0. The standard InChI is InChI=1S/C20H20N4OS/c1-3-13-24-17-8-6-5-7-16(17)18(19(24)25)22-23-20(26)21-15-11-9-14(4-2)10-12-15/h3,5-12,25H,1,4,13H2,2H3,(H,21,26). The van der Waals surface area contributed by atoms with Gasteiger partial charge in [0, 0.05) is 17.6 Å². The van der Waals surface area contributed by atoms with E-state index in [1.165, 1.54) is 5.56 Å². The van der Waals surface area contributed by atoms with Crippen molar-refractivity contribution in [3.05, 3.63) is 66.7 Å². The molecule has 3 rings (SSSR count). The summed E-state index contributed by atoms with van der Waals surface area (Å²) in [7, 11) is 0. The largest absolute Gasteiger partial charge is 0.493 e. The minimum Gasteiger partial charge on any atom is -0.493 e. The zero-order valence-corrected chi connectivity index (χ0v) is 15.3. The fraction of sp³-hybridized carbons (Fsp3) is 0.150. The van der Waals surface area contributed by atoms with Gasteiger partial charge in [0.2, 0.25) is 11.0 Å². The first kappa shape index (κ1) is 17.8. The Balaban J connectivity index is 1.84. The molecular formula is C20H20N4OS. The van der Waals surface area contributed by atoms with Crippen molar-refractivity contribution in [2.24, 2.45) is 10.2 Å². The maximum absolute atomic E-state index is 10.5. The number of aromatic hydroxyl groups is 1. The number of thiocarbonyl (C=S) groups is 1. The predicted octanol–water partition coefficient (Wildman–Crippen LogP) is 5.58. The number of allylic oxidation sites excluding steroid dienone is 1. The Hall–Kier alpha value is -2.99. The minimum atomic E-state index is 0.0462. The molecule has 3 aromatic rings. The molecular weight excluding hydrogens is 344 g/mol. The summed E-state index contributed by atoms with van der Waals surface area (Å²) in [6, 6.07) is 15.6. The molecule has 0 aliphatic rings. The van der Waals surface area contributed by atoms with Crippen molar-refractivity contribution in [2.45, 2.75) is 19.9 Å². The van der Waals surface area contributed by atoms with Gasteiger partial charge in [-0.25, -0.2) is 0 Å². The zero-order valence-electron chi connectivity index (χ0n) is 14.5. The zero-order chi connectivity index (χ0) is 18.5. The molecule has 0 fully saturated rings. The molecule has 0 spiro atoms. The first-order chi connectivity index (χ1) is 12.6. The first-order valence-corrected chi connectivity index (χ1v) is 8.77. The number of benzene rings is 2. The number of rotatable bonds is 5. The van der Waals surface area contributed by atoms with Gasteiger partial charge >= 0.3 is 0 Å². The minimum absolute atomic E-state index is 0.0462. The number of aryl methyl sites for hydroxylation is 1. The Morgan fingerprint density at radius 2 is 1.96 bits per heavy atom. The van der Waals surface area contributed by atoms with Crippen molar-refractivity contribution in [1.29, 1.82) is 0 Å². The van der Waals surface area contributed by atoms with Gasteiger partial charge in [-0.15, -0.1) is 16.8 Å². The lowest BCUT2D eigenvalue weighted by atomic mass is 10.1. The van der Waals surface area contributed by atoms with E-state index in [1.807, 2.05) is 48.5 Å². The Labute approximate surface area is 157 Å². The lowest BCUT2D eigenvalue weighted by Crippen LogP contribution is -2.04. The van der Waals surface area contributed by atoms with E-state index in [0.717, 1.165) is 23.0 Å². The molecule has 0 unspecified atom stereocenters. The third-order valence-corrected chi connectivity index (χ3v) is 4.27. The monoisotopic (exact) mass is 364 g/mol. The summed E-state index contributed by atoms with van der Waals surface area (Å²) in [5.74, 6) is 0.0462. The molecule has 2 N–H and O–H groups in total. The predicted molar refractivity (Wildman–Crippen MR) is 110 cm³/mol. The number of hydrogen-bond donors (Lipinski definition) is 2. The second kappa shape index (κ2) is 7.93. The van der Waals surface area contributed by atoms with Crippen molar-refractivity contribution in [3.8, 4) is 5.88 Å². The van der Waals surface area contributed by atoms with Crippen LogP contribution in [0, 0.1) is 0 Å². The topological polar surface area (TPSA) is 61.9 Å². The summed E-state index contributed by atoms with van der Waals surface area (Å²) in [5.41, 5.74) is 3.37. The molecule has 0 radical (unpaired) electrons. The van der Waals surface area contributed by atoms with Gasteiger partial charge in [0.1, 0.15) is 0 Å². The Bertz CT molecular complexity index is 973. The van der Waals surface area contributed by atoms with Gasteiger partial charge < -0.3 is 15.0 Å². The molecule has 5 nitrogen and oxygen atoms in total. The number of nitrogens with one attached hydrogen (secondary N) is 1. The van der Waals surface area contributed by atoms with Crippen LogP contribution in [-0.4, -0.2) is 14.8 Å². The third-order valence-electron chi connectivity index (χ3n) is 4.08. The molecule has 0 amide bonds. The number of anilines is 1. The highest BCUT2D eigenvalue weighted by Gasteiger charge is 2.15. The Morgan fingerprint density at radius 3 is 2.65 bits per heavy atom. The summed E-state index contributed by atoms with van der Waals surface area (Å²) in [5, 5.41) is 22.8. The molecule has 6 heteroatoms. The molecule has 2 aromatic carbocycles. The van der Waals surface area contributed by atoms with E-state index in [1.54, 1.807) is 10.6 Å². The van der Waals surface area contributed by atoms with E-state index in [2.05, 4.69) is 29.0 Å². The molecule has 0 saturated carbocycles. The average molecular weight is 364 g/mol.